The van der Waals surface area contributed by atoms with Crippen molar-refractivity contribution in [3.63, 3.8) is 0 Å². The SMILES string of the molecule is NC(CS)C(=O)NC(CO)C(=O)NC(Cc1cnc[nH]1)C(=O)NC(CS)C(=O)O. The van der Waals surface area contributed by atoms with Crippen molar-refractivity contribution in [1.29, 1.82) is 0 Å². The molecule has 12 nitrogen and oxygen atoms in total. The molecule has 4 atom stereocenters. The summed E-state index contributed by atoms with van der Waals surface area (Å²) in [5.41, 5.74) is 6.01. The van der Waals surface area contributed by atoms with E-state index in [-0.39, 0.29) is 17.9 Å². The second-order valence-electron chi connectivity index (χ2n) is 5.96. The minimum atomic E-state index is -1.37. The van der Waals surface area contributed by atoms with Gasteiger partial charge < -0.3 is 36.9 Å². The third kappa shape index (κ3) is 7.92. The number of aliphatic carboxylic acids is 1. The maximum Gasteiger partial charge on any atom is 0.327 e. The van der Waals surface area contributed by atoms with E-state index in [9.17, 15) is 24.3 Å². The maximum atomic E-state index is 12.5. The van der Waals surface area contributed by atoms with E-state index >= 15 is 0 Å². The number of aliphatic hydroxyl groups excluding tert-OH is 1. The van der Waals surface area contributed by atoms with Crippen LogP contribution in [0.1, 0.15) is 5.69 Å². The number of hydrogen-bond donors (Lipinski definition) is 9. The zero-order valence-electron chi connectivity index (χ0n) is 15.2. The van der Waals surface area contributed by atoms with Crippen LogP contribution in [0.5, 0.6) is 0 Å². The van der Waals surface area contributed by atoms with Crippen LogP contribution >= 0.6 is 25.3 Å². The molecule has 0 radical (unpaired) electrons. The van der Waals surface area contributed by atoms with Gasteiger partial charge in [-0.15, -0.1) is 0 Å². The molecule has 29 heavy (non-hydrogen) atoms. The molecule has 1 aromatic rings. The molecule has 0 aliphatic carbocycles. The van der Waals surface area contributed by atoms with Crippen LogP contribution in [0.25, 0.3) is 0 Å². The van der Waals surface area contributed by atoms with Gasteiger partial charge in [-0.25, -0.2) is 9.78 Å². The van der Waals surface area contributed by atoms with Crippen LogP contribution in [0.15, 0.2) is 12.5 Å². The molecule has 0 aliphatic rings. The molecule has 0 fully saturated rings. The van der Waals surface area contributed by atoms with Crippen molar-refractivity contribution in [2.45, 2.75) is 30.6 Å². The average Bonchev–Trinajstić information content (AvgIpc) is 3.21. The summed E-state index contributed by atoms with van der Waals surface area (Å²) in [6.07, 6.45) is 2.75. The standard InChI is InChI=1S/C15H24N6O6S2/c16-8(4-28)12(23)20-10(3-22)14(25)19-9(1-7-2-17-6-18-7)13(24)21-11(5-29)15(26)27/h2,6,8-11,22,28-29H,1,3-5,16H2,(H,17,18)(H,19,25)(H,20,23)(H,21,24)(H,26,27). The lowest BCUT2D eigenvalue weighted by Crippen LogP contribution is -2.58. The molecule has 0 saturated carbocycles. The summed E-state index contributed by atoms with van der Waals surface area (Å²) in [4.78, 5) is 54.6. The lowest BCUT2D eigenvalue weighted by molar-refractivity contribution is -0.141. The van der Waals surface area contributed by atoms with Gasteiger partial charge in [-0.1, -0.05) is 0 Å². The molecule has 1 rings (SSSR count). The zero-order valence-corrected chi connectivity index (χ0v) is 17.0. The van der Waals surface area contributed by atoms with Gasteiger partial charge in [0, 0.05) is 29.8 Å². The monoisotopic (exact) mass is 448 g/mol. The molecule has 4 unspecified atom stereocenters. The first kappa shape index (κ1) is 24.7. The second kappa shape index (κ2) is 12.3. The second-order valence-corrected chi connectivity index (χ2v) is 6.69. The predicted molar refractivity (Wildman–Crippen MR) is 108 cm³/mol. The Morgan fingerprint density at radius 2 is 1.62 bits per heavy atom. The van der Waals surface area contributed by atoms with Gasteiger partial charge in [-0.05, 0) is 0 Å². The minimum Gasteiger partial charge on any atom is -0.480 e. The van der Waals surface area contributed by atoms with E-state index < -0.39 is 54.5 Å². The van der Waals surface area contributed by atoms with Gasteiger partial charge in [0.1, 0.15) is 18.1 Å². The largest absolute Gasteiger partial charge is 0.480 e. The maximum absolute atomic E-state index is 12.5. The molecule has 0 bridgehead atoms. The molecule has 14 heteroatoms. The lowest BCUT2D eigenvalue weighted by Gasteiger charge is -2.23. The number of imidazole rings is 1. The summed E-state index contributed by atoms with van der Waals surface area (Å²) in [5.74, 6) is -3.78. The van der Waals surface area contributed by atoms with Crippen LogP contribution in [0, 0.1) is 0 Å². The number of nitrogens with one attached hydrogen (secondary N) is 4. The topological polar surface area (TPSA) is 200 Å². The molecule has 0 aromatic carbocycles. The number of carbonyl (C=O) groups is 4. The Balaban J connectivity index is 2.91. The summed E-state index contributed by atoms with van der Waals surface area (Å²) >= 11 is 7.76. The molecular formula is C15H24N6O6S2. The fourth-order valence-corrected chi connectivity index (χ4v) is 2.52. The Morgan fingerprint density at radius 3 is 2.10 bits per heavy atom. The number of amides is 3. The summed E-state index contributed by atoms with van der Waals surface area (Å²) in [7, 11) is 0. The highest BCUT2D eigenvalue weighted by Crippen LogP contribution is 2.02. The molecular weight excluding hydrogens is 424 g/mol. The highest BCUT2D eigenvalue weighted by Gasteiger charge is 2.30. The van der Waals surface area contributed by atoms with Crippen molar-refractivity contribution in [2.75, 3.05) is 18.1 Å². The number of carbonyl (C=O) groups excluding carboxylic acids is 3. The van der Waals surface area contributed by atoms with E-state index in [1.54, 1.807) is 0 Å². The number of aromatic nitrogens is 2. The number of carboxylic acids is 1. The van der Waals surface area contributed by atoms with Gasteiger partial charge in [-0.3, -0.25) is 14.4 Å². The van der Waals surface area contributed by atoms with Crippen molar-refractivity contribution in [3.8, 4) is 0 Å². The highest BCUT2D eigenvalue weighted by atomic mass is 32.1. The van der Waals surface area contributed by atoms with Gasteiger partial charge in [0.15, 0.2) is 0 Å². The number of nitrogens with two attached hydrogens (primary N) is 1. The van der Waals surface area contributed by atoms with Crippen molar-refractivity contribution in [2.24, 2.45) is 5.73 Å². The van der Waals surface area contributed by atoms with Crippen molar-refractivity contribution in [1.82, 2.24) is 25.9 Å². The third-order valence-corrected chi connectivity index (χ3v) is 4.52. The first-order valence-electron chi connectivity index (χ1n) is 8.42. The lowest BCUT2D eigenvalue weighted by atomic mass is 10.1. The van der Waals surface area contributed by atoms with E-state index in [1.807, 2.05) is 0 Å². The predicted octanol–water partition coefficient (Wildman–Crippen LogP) is -3.33. The number of aromatic amines is 1. The Bertz CT molecular complexity index is 703. The summed E-state index contributed by atoms with van der Waals surface area (Å²) in [6.45, 7) is -0.746. The Morgan fingerprint density at radius 1 is 1.03 bits per heavy atom. The minimum absolute atomic E-state index is 0.0246. The smallest absolute Gasteiger partial charge is 0.327 e. The van der Waals surface area contributed by atoms with E-state index in [4.69, 9.17) is 10.8 Å². The van der Waals surface area contributed by atoms with Crippen LogP contribution in [-0.2, 0) is 25.6 Å². The highest BCUT2D eigenvalue weighted by molar-refractivity contribution is 7.80. The van der Waals surface area contributed by atoms with Crippen molar-refractivity contribution < 1.29 is 29.4 Å². The summed E-state index contributed by atoms with van der Waals surface area (Å²) in [5, 5.41) is 25.4. The van der Waals surface area contributed by atoms with E-state index in [0.717, 1.165) is 0 Å². The van der Waals surface area contributed by atoms with E-state index in [2.05, 4.69) is 51.2 Å². The van der Waals surface area contributed by atoms with Crippen LogP contribution in [-0.4, -0.2) is 86.2 Å². The molecule has 0 aliphatic heterocycles. The van der Waals surface area contributed by atoms with Crippen molar-refractivity contribution >= 4 is 48.9 Å². The van der Waals surface area contributed by atoms with Crippen LogP contribution in [0.3, 0.4) is 0 Å². The van der Waals surface area contributed by atoms with Crippen LogP contribution in [0.2, 0.25) is 0 Å². The number of aliphatic hydroxyl groups is 1. The summed E-state index contributed by atoms with van der Waals surface area (Å²) in [6, 6.07) is -4.84. The molecule has 1 aromatic heterocycles. The average molecular weight is 449 g/mol. The Kier molecular flexibility index (Phi) is 10.5. The fraction of sp³-hybridized carbons (Fsp3) is 0.533. The fourth-order valence-electron chi connectivity index (χ4n) is 2.11. The normalized spacial score (nSPS) is 14.9. The number of carboxylic acid groups (broad SMARTS) is 1. The Labute approximate surface area is 177 Å². The number of rotatable bonds is 12. The molecule has 0 spiro atoms. The van der Waals surface area contributed by atoms with Crippen LogP contribution < -0.4 is 21.7 Å². The number of H-pyrrole nitrogens is 1. The summed E-state index contributed by atoms with van der Waals surface area (Å²) < 4.78 is 0. The van der Waals surface area contributed by atoms with Crippen molar-refractivity contribution in [3.05, 3.63) is 18.2 Å². The molecule has 1 heterocycles. The van der Waals surface area contributed by atoms with Gasteiger partial charge >= 0.3 is 5.97 Å². The zero-order chi connectivity index (χ0) is 22.0. The van der Waals surface area contributed by atoms with Gasteiger partial charge in [0.25, 0.3) is 0 Å². The molecule has 162 valence electrons. The molecule has 3 amide bonds. The third-order valence-electron chi connectivity index (χ3n) is 3.76. The quantitative estimate of drug-likeness (QED) is 0.148. The first-order chi connectivity index (χ1) is 13.7. The van der Waals surface area contributed by atoms with Gasteiger partial charge in [0.05, 0.1) is 19.0 Å². The van der Waals surface area contributed by atoms with E-state index in [0.29, 0.717) is 5.69 Å². The van der Waals surface area contributed by atoms with Gasteiger partial charge in [-0.2, -0.15) is 25.3 Å². The van der Waals surface area contributed by atoms with Crippen LogP contribution in [0.4, 0.5) is 0 Å². The molecule has 8 N–H and O–H groups in total. The molecule has 0 saturated heterocycles. The van der Waals surface area contributed by atoms with Gasteiger partial charge in [0.2, 0.25) is 17.7 Å². The van der Waals surface area contributed by atoms with E-state index in [1.165, 1.54) is 12.5 Å². The number of hydrogen-bond acceptors (Lipinski definition) is 9. The Hall–Kier alpha value is -2.29. The first-order valence-corrected chi connectivity index (χ1v) is 9.69. The number of nitrogens with zero attached hydrogens (tertiary/aromatic N) is 1. The number of thiol groups is 2.